The predicted octanol–water partition coefficient (Wildman–Crippen LogP) is 2.32. The summed E-state index contributed by atoms with van der Waals surface area (Å²) < 4.78 is 4.99. The van der Waals surface area contributed by atoms with E-state index in [-0.39, 0.29) is 22.8 Å². The molecule has 0 atom stereocenters. The standard InChI is InChI=1S/C13H10O4/c14-10-5-3-4-9(8-10)13(16)17-12-7-2-1-6-11(12)15/h1-8,14-15H. The summed E-state index contributed by atoms with van der Waals surface area (Å²) in [7, 11) is 0. The second kappa shape index (κ2) is 4.57. The molecule has 4 nitrogen and oxygen atoms in total. The number of carbonyl (C=O) groups is 1. The Balaban J connectivity index is 2.20. The summed E-state index contributed by atoms with van der Waals surface area (Å²) in [6.07, 6.45) is 0. The fraction of sp³-hybridized carbons (Fsp3) is 0. The van der Waals surface area contributed by atoms with E-state index in [9.17, 15) is 15.0 Å². The first-order chi connectivity index (χ1) is 8.16. The summed E-state index contributed by atoms with van der Waals surface area (Å²) >= 11 is 0. The molecule has 86 valence electrons. The highest BCUT2D eigenvalue weighted by molar-refractivity contribution is 5.91. The van der Waals surface area contributed by atoms with Gasteiger partial charge in [-0.2, -0.15) is 0 Å². The first-order valence-corrected chi connectivity index (χ1v) is 4.96. The molecule has 0 heterocycles. The zero-order valence-corrected chi connectivity index (χ0v) is 8.83. The largest absolute Gasteiger partial charge is 0.508 e. The van der Waals surface area contributed by atoms with Gasteiger partial charge in [0.15, 0.2) is 11.5 Å². The maximum Gasteiger partial charge on any atom is 0.343 e. The van der Waals surface area contributed by atoms with E-state index in [4.69, 9.17) is 4.74 Å². The lowest BCUT2D eigenvalue weighted by Crippen LogP contribution is -2.08. The van der Waals surface area contributed by atoms with Crippen LogP contribution < -0.4 is 4.74 Å². The van der Waals surface area contributed by atoms with E-state index in [1.54, 1.807) is 12.1 Å². The molecule has 0 radical (unpaired) electrons. The van der Waals surface area contributed by atoms with E-state index < -0.39 is 5.97 Å². The zero-order valence-electron chi connectivity index (χ0n) is 8.83. The summed E-state index contributed by atoms with van der Waals surface area (Å²) in [5, 5.41) is 18.7. The second-order valence-electron chi connectivity index (χ2n) is 3.41. The van der Waals surface area contributed by atoms with Gasteiger partial charge in [0.05, 0.1) is 5.56 Å². The predicted molar refractivity (Wildman–Crippen MR) is 61.2 cm³/mol. The minimum absolute atomic E-state index is 0.0169. The van der Waals surface area contributed by atoms with Gasteiger partial charge in [-0.15, -0.1) is 0 Å². The van der Waals surface area contributed by atoms with Crippen molar-refractivity contribution < 1.29 is 19.7 Å². The lowest BCUT2D eigenvalue weighted by atomic mass is 10.2. The van der Waals surface area contributed by atoms with Crippen molar-refractivity contribution in [2.75, 3.05) is 0 Å². The highest BCUT2D eigenvalue weighted by atomic mass is 16.5. The molecule has 0 saturated heterocycles. The first-order valence-electron chi connectivity index (χ1n) is 4.96. The van der Waals surface area contributed by atoms with Crippen LogP contribution in [0.4, 0.5) is 0 Å². The molecule has 0 saturated carbocycles. The Labute approximate surface area is 97.7 Å². The number of ether oxygens (including phenoxy) is 1. The molecular formula is C13H10O4. The van der Waals surface area contributed by atoms with Gasteiger partial charge in [-0.25, -0.2) is 4.79 Å². The average molecular weight is 230 g/mol. The van der Waals surface area contributed by atoms with Crippen LogP contribution in [0.5, 0.6) is 17.2 Å². The van der Waals surface area contributed by atoms with Crippen molar-refractivity contribution in [2.24, 2.45) is 0 Å². The quantitative estimate of drug-likeness (QED) is 0.613. The van der Waals surface area contributed by atoms with Gasteiger partial charge in [0.2, 0.25) is 0 Å². The maximum atomic E-state index is 11.7. The lowest BCUT2D eigenvalue weighted by molar-refractivity contribution is 0.0729. The number of carbonyl (C=O) groups excluding carboxylic acids is 1. The molecule has 0 amide bonds. The van der Waals surface area contributed by atoms with Crippen molar-refractivity contribution in [3.05, 3.63) is 54.1 Å². The normalized spacial score (nSPS) is 9.88. The summed E-state index contributed by atoms with van der Waals surface area (Å²) in [4.78, 5) is 11.7. The Kier molecular flexibility index (Phi) is 2.96. The van der Waals surface area contributed by atoms with Crippen molar-refractivity contribution in [1.82, 2.24) is 0 Å². The number of benzene rings is 2. The number of phenols is 2. The molecule has 17 heavy (non-hydrogen) atoms. The Morgan fingerprint density at radius 2 is 1.76 bits per heavy atom. The van der Waals surface area contributed by atoms with Crippen molar-refractivity contribution in [2.45, 2.75) is 0 Å². The van der Waals surface area contributed by atoms with E-state index in [0.29, 0.717) is 0 Å². The van der Waals surface area contributed by atoms with Crippen LogP contribution in [0.3, 0.4) is 0 Å². The van der Waals surface area contributed by atoms with Crippen LogP contribution in [0.15, 0.2) is 48.5 Å². The number of para-hydroxylation sites is 2. The van der Waals surface area contributed by atoms with Gasteiger partial charge in [0.25, 0.3) is 0 Å². The number of phenolic OH excluding ortho intramolecular Hbond substituents is 2. The third-order valence-electron chi connectivity index (χ3n) is 2.15. The lowest BCUT2D eigenvalue weighted by Gasteiger charge is -2.05. The zero-order chi connectivity index (χ0) is 12.3. The molecule has 0 fully saturated rings. The monoisotopic (exact) mass is 230 g/mol. The van der Waals surface area contributed by atoms with Crippen molar-refractivity contribution in [1.29, 1.82) is 0 Å². The van der Waals surface area contributed by atoms with Crippen LogP contribution in [-0.4, -0.2) is 16.2 Å². The SMILES string of the molecule is O=C(Oc1ccccc1O)c1cccc(O)c1. The highest BCUT2D eigenvalue weighted by Gasteiger charge is 2.11. The number of aromatic hydroxyl groups is 2. The topological polar surface area (TPSA) is 66.8 Å². The second-order valence-corrected chi connectivity index (χ2v) is 3.41. The highest BCUT2D eigenvalue weighted by Crippen LogP contribution is 2.25. The van der Waals surface area contributed by atoms with Gasteiger partial charge in [-0.3, -0.25) is 0 Å². The molecule has 0 spiro atoms. The van der Waals surface area contributed by atoms with Gasteiger partial charge in [-0.05, 0) is 30.3 Å². The van der Waals surface area contributed by atoms with Crippen molar-refractivity contribution >= 4 is 5.97 Å². The Hall–Kier alpha value is -2.49. The van der Waals surface area contributed by atoms with Crippen LogP contribution in [0.25, 0.3) is 0 Å². The fourth-order valence-electron chi connectivity index (χ4n) is 1.34. The molecule has 2 aromatic carbocycles. The van der Waals surface area contributed by atoms with Gasteiger partial charge in [-0.1, -0.05) is 18.2 Å². The molecule has 0 aliphatic heterocycles. The molecule has 0 aliphatic carbocycles. The van der Waals surface area contributed by atoms with Crippen molar-refractivity contribution in [3.8, 4) is 17.2 Å². The van der Waals surface area contributed by atoms with Crippen LogP contribution in [0.2, 0.25) is 0 Å². The number of esters is 1. The molecule has 0 aromatic heterocycles. The summed E-state index contributed by atoms with van der Waals surface area (Å²) in [5.74, 6) is -0.680. The van der Waals surface area contributed by atoms with Crippen LogP contribution >= 0.6 is 0 Å². The minimum Gasteiger partial charge on any atom is -0.508 e. The van der Waals surface area contributed by atoms with Gasteiger partial charge in [0, 0.05) is 0 Å². The molecule has 2 rings (SSSR count). The van der Waals surface area contributed by atoms with Crippen LogP contribution in [-0.2, 0) is 0 Å². The van der Waals surface area contributed by atoms with Gasteiger partial charge < -0.3 is 14.9 Å². The van der Waals surface area contributed by atoms with Gasteiger partial charge >= 0.3 is 5.97 Å². The minimum atomic E-state index is -0.637. The number of hydrogen-bond donors (Lipinski definition) is 2. The molecule has 2 aromatic rings. The first kappa shape index (κ1) is 11.0. The number of rotatable bonds is 2. The maximum absolute atomic E-state index is 11.7. The molecule has 4 heteroatoms. The molecule has 0 unspecified atom stereocenters. The van der Waals surface area contributed by atoms with E-state index >= 15 is 0 Å². The van der Waals surface area contributed by atoms with Gasteiger partial charge in [0.1, 0.15) is 5.75 Å². The molecular weight excluding hydrogens is 220 g/mol. The Bertz CT molecular complexity index is 549. The fourth-order valence-corrected chi connectivity index (χ4v) is 1.34. The molecule has 0 aliphatic rings. The smallest absolute Gasteiger partial charge is 0.343 e. The Morgan fingerprint density at radius 1 is 1.00 bits per heavy atom. The van der Waals surface area contributed by atoms with E-state index in [1.165, 1.54) is 36.4 Å². The molecule has 2 N–H and O–H groups in total. The van der Waals surface area contributed by atoms with Crippen molar-refractivity contribution in [3.63, 3.8) is 0 Å². The van der Waals surface area contributed by atoms with E-state index in [0.717, 1.165) is 0 Å². The third-order valence-corrected chi connectivity index (χ3v) is 2.15. The number of hydrogen-bond acceptors (Lipinski definition) is 4. The molecule has 0 bridgehead atoms. The Morgan fingerprint density at radius 3 is 2.47 bits per heavy atom. The van der Waals surface area contributed by atoms with Crippen LogP contribution in [0, 0.1) is 0 Å². The summed E-state index contributed by atoms with van der Waals surface area (Å²) in [6, 6.07) is 12.0. The average Bonchev–Trinajstić information content (AvgIpc) is 2.32. The van der Waals surface area contributed by atoms with Crippen LogP contribution in [0.1, 0.15) is 10.4 Å². The summed E-state index contributed by atoms with van der Waals surface area (Å²) in [5.41, 5.74) is 0.216. The third kappa shape index (κ3) is 2.55. The summed E-state index contributed by atoms with van der Waals surface area (Å²) in [6.45, 7) is 0. The van der Waals surface area contributed by atoms with E-state index in [1.807, 2.05) is 0 Å². The van der Waals surface area contributed by atoms with E-state index in [2.05, 4.69) is 0 Å².